The van der Waals surface area contributed by atoms with Gasteiger partial charge in [0.25, 0.3) is 0 Å². The molecule has 0 bridgehead atoms. The topological polar surface area (TPSA) is 40.5 Å². The van der Waals surface area contributed by atoms with E-state index in [2.05, 4.69) is 0 Å². The van der Waals surface area contributed by atoms with Gasteiger partial charge in [-0.15, -0.1) is 11.3 Å². The molecule has 1 aromatic heterocycles. The second-order valence-electron chi connectivity index (χ2n) is 6.06. The van der Waals surface area contributed by atoms with Gasteiger partial charge < -0.3 is 5.11 Å². The summed E-state index contributed by atoms with van der Waals surface area (Å²) < 4.78 is 39.1. The molecule has 25 heavy (non-hydrogen) atoms. The van der Waals surface area contributed by atoms with Crippen molar-refractivity contribution < 1.29 is 23.1 Å². The Bertz CT molecular complexity index is 777. The number of benzene rings is 1. The maximum Gasteiger partial charge on any atom is 0.393 e. The summed E-state index contributed by atoms with van der Waals surface area (Å²) in [5, 5.41) is 9.69. The van der Waals surface area contributed by atoms with Crippen LogP contribution in [0.3, 0.4) is 0 Å². The summed E-state index contributed by atoms with van der Waals surface area (Å²) in [4.78, 5) is 14.6. The molecule has 2 atom stereocenters. The molecule has 1 aliphatic heterocycles. The summed E-state index contributed by atoms with van der Waals surface area (Å²) >= 11 is 7.45. The van der Waals surface area contributed by atoms with Crippen molar-refractivity contribution in [3.63, 3.8) is 0 Å². The van der Waals surface area contributed by atoms with Crippen molar-refractivity contribution in [1.82, 2.24) is 4.90 Å². The molecule has 0 aliphatic carbocycles. The number of carboxylic acid groups (broad SMARTS) is 1. The van der Waals surface area contributed by atoms with E-state index in [9.17, 15) is 18.0 Å². The fourth-order valence-corrected chi connectivity index (χ4v) is 4.31. The van der Waals surface area contributed by atoms with Crippen molar-refractivity contribution in [1.29, 1.82) is 0 Å². The van der Waals surface area contributed by atoms with Crippen LogP contribution in [0.25, 0.3) is 10.4 Å². The molecule has 0 saturated carbocycles. The van der Waals surface area contributed by atoms with Crippen LogP contribution in [-0.4, -0.2) is 35.2 Å². The van der Waals surface area contributed by atoms with E-state index >= 15 is 0 Å². The SMILES string of the molecule is O=C(O)[C@@H]1CN(Cc2ccc(-c3cccc(Cl)c3)s2)C[C@H]1C(F)(F)F. The van der Waals surface area contributed by atoms with Gasteiger partial charge in [-0.3, -0.25) is 9.69 Å². The lowest BCUT2D eigenvalue weighted by molar-refractivity contribution is -0.188. The zero-order valence-corrected chi connectivity index (χ0v) is 14.5. The van der Waals surface area contributed by atoms with Crippen molar-refractivity contribution >= 4 is 28.9 Å². The molecule has 1 aliphatic rings. The number of alkyl halides is 3. The van der Waals surface area contributed by atoms with Gasteiger partial charge in [0.1, 0.15) is 0 Å². The second kappa shape index (κ2) is 6.97. The number of aliphatic carboxylic acids is 1. The molecule has 1 aromatic carbocycles. The van der Waals surface area contributed by atoms with Gasteiger partial charge in [-0.2, -0.15) is 13.2 Å². The highest BCUT2D eigenvalue weighted by molar-refractivity contribution is 7.15. The van der Waals surface area contributed by atoms with Gasteiger partial charge in [-0.25, -0.2) is 0 Å². The largest absolute Gasteiger partial charge is 0.481 e. The third kappa shape index (κ3) is 4.16. The first kappa shape index (κ1) is 18.2. The summed E-state index contributed by atoms with van der Waals surface area (Å²) in [5.41, 5.74) is 0.946. The Morgan fingerprint density at radius 3 is 2.64 bits per heavy atom. The summed E-state index contributed by atoms with van der Waals surface area (Å²) in [6.07, 6.45) is -4.50. The number of carbonyl (C=O) groups is 1. The van der Waals surface area contributed by atoms with E-state index in [1.807, 2.05) is 30.3 Å². The Hall–Kier alpha value is -1.57. The minimum Gasteiger partial charge on any atom is -0.481 e. The highest BCUT2D eigenvalue weighted by Gasteiger charge is 2.52. The Labute approximate surface area is 151 Å². The molecule has 0 spiro atoms. The number of likely N-dealkylation sites (tertiary alicyclic amines) is 1. The average molecular weight is 390 g/mol. The third-order valence-electron chi connectivity index (χ3n) is 4.28. The maximum atomic E-state index is 13.0. The Morgan fingerprint density at radius 2 is 2.04 bits per heavy atom. The van der Waals surface area contributed by atoms with Crippen molar-refractivity contribution in [2.75, 3.05) is 13.1 Å². The van der Waals surface area contributed by atoms with Crippen LogP contribution in [0.5, 0.6) is 0 Å². The molecule has 2 heterocycles. The average Bonchev–Trinajstić information content (AvgIpc) is 3.14. The molecule has 3 rings (SSSR count). The van der Waals surface area contributed by atoms with Crippen molar-refractivity contribution in [2.45, 2.75) is 12.7 Å². The number of nitrogens with zero attached hydrogens (tertiary/aromatic N) is 1. The monoisotopic (exact) mass is 389 g/mol. The quantitative estimate of drug-likeness (QED) is 0.819. The lowest BCUT2D eigenvalue weighted by Crippen LogP contribution is -2.33. The summed E-state index contributed by atoms with van der Waals surface area (Å²) in [6.45, 7) is -0.0730. The molecular formula is C17H15ClF3NO2S. The number of hydrogen-bond donors (Lipinski definition) is 1. The molecule has 3 nitrogen and oxygen atoms in total. The molecule has 2 aromatic rings. The molecule has 8 heteroatoms. The molecule has 0 unspecified atom stereocenters. The van der Waals surface area contributed by atoms with Crippen LogP contribution in [0, 0.1) is 11.8 Å². The Morgan fingerprint density at radius 1 is 1.28 bits per heavy atom. The minimum atomic E-state index is -4.50. The third-order valence-corrected chi connectivity index (χ3v) is 5.64. The van der Waals surface area contributed by atoms with E-state index in [4.69, 9.17) is 16.7 Å². The van der Waals surface area contributed by atoms with Gasteiger partial charge in [0.15, 0.2) is 0 Å². The molecule has 0 radical (unpaired) electrons. The van der Waals surface area contributed by atoms with Crippen LogP contribution in [-0.2, 0) is 11.3 Å². The van der Waals surface area contributed by atoms with Gasteiger partial charge in [-0.1, -0.05) is 23.7 Å². The van der Waals surface area contributed by atoms with Gasteiger partial charge in [0.2, 0.25) is 0 Å². The van der Waals surface area contributed by atoms with E-state index in [0.717, 1.165) is 15.3 Å². The summed E-state index contributed by atoms with van der Waals surface area (Å²) in [5.74, 6) is -4.62. The van der Waals surface area contributed by atoms with Crippen LogP contribution in [0.4, 0.5) is 13.2 Å². The first-order valence-electron chi connectivity index (χ1n) is 7.60. The molecule has 1 fully saturated rings. The van der Waals surface area contributed by atoms with Gasteiger partial charge in [0.05, 0.1) is 11.8 Å². The van der Waals surface area contributed by atoms with Crippen molar-refractivity contribution in [2.24, 2.45) is 11.8 Å². The highest BCUT2D eigenvalue weighted by atomic mass is 35.5. The number of thiophene rings is 1. The lowest BCUT2D eigenvalue weighted by atomic mass is 9.96. The maximum absolute atomic E-state index is 13.0. The molecule has 1 N–H and O–H groups in total. The van der Waals surface area contributed by atoms with E-state index in [1.54, 1.807) is 11.0 Å². The first-order chi connectivity index (χ1) is 11.7. The zero-order valence-electron chi connectivity index (χ0n) is 13.0. The number of hydrogen-bond acceptors (Lipinski definition) is 3. The van der Waals surface area contributed by atoms with Crippen molar-refractivity contribution in [3.8, 4) is 10.4 Å². The highest BCUT2D eigenvalue weighted by Crippen LogP contribution is 2.39. The zero-order chi connectivity index (χ0) is 18.2. The summed E-state index contributed by atoms with van der Waals surface area (Å²) in [6, 6.07) is 11.1. The molecular weight excluding hydrogens is 375 g/mol. The van der Waals surface area contributed by atoms with E-state index in [0.29, 0.717) is 11.6 Å². The van der Waals surface area contributed by atoms with E-state index in [-0.39, 0.29) is 13.1 Å². The number of rotatable bonds is 4. The molecule has 0 amide bonds. The predicted octanol–water partition coefficient (Wildman–Crippen LogP) is 4.76. The lowest BCUT2D eigenvalue weighted by Gasteiger charge is -2.18. The number of halogens is 4. The Balaban J connectivity index is 1.72. The first-order valence-corrected chi connectivity index (χ1v) is 8.80. The van der Waals surface area contributed by atoms with Crippen LogP contribution in [0.15, 0.2) is 36.4 Å². The predicted molar refractivity (Wildman–Crippen MR) is 90.7 cm³/mol. The molecule has 1 saturated heterocycles. The van der Waals surface area contributed by atoms with Gasteiger partial charge >= 0.3 is 12.1 Å². The Kier molecular flexibility index (Phi) is 5.09. The van der Waals surface area contributed by atoms with Crippen LogP contribution >= 0.6 is 22.9 Å². The smallest absolute Gasteiger partial charge is 0.393 e. The van der Waals surface area contributed by atoms with E-state index in [1.165, 1.54) is 11.3 Å². The van der Waals surface area contributed by atoms with E-state index < -0.39 is 24.0 Å². The van der Waals surface area contributed by atoms with Crippen LogP contribution in [0.1, 0.15) is 4.88 Å². The fraction of sp³-hybridized carbons (Fsp3) is 0.353. The number of carboxylic acids is 1. The molecule has 134 valence electrons. The van der Waals surface area contributed by atoms with Gasteiger partial charge in [0, 0.05) is 34.4 Å². The normalized spacial score (nSPS) is 21.6. The van der Waals surface area contributed by atoms with Gasteiger partial charge in [-0.05, 0) is 29.8 Å². The standard InChI is InChI=1S/C17H15ClF3NO2S/c18-11-3-1-2-10(6-11)15-5-4-12(25-15)7-22-8-13(16(23)24)14(9-22)17(19,20)21/h1-6,13-14H,7-9H2,(H,23,24)/t13-,14-/m1/s1. The fourth-order valence-electron chi connectivity index (χ4n) is 3.08. The van der Waals surface area contributed by atoms with Crippen LogP contribution in [0.2, 0.25) is 5.02 Å². The van der Waals surface area contributed by atoms with Crippen molar-refractivity contribution in [3.05, 3.63) is 46.3 Å². The summed E-state index contributed by atoms with van der Waals surface area (Å²) in [7, 11) is 0. The van der Waals surface area contributed by atoms with Crippen LogP contribution < -0.4 is 0 Å². The second-order valence-corrected chi connectivity index (χ2v) is 7.67. The minimum absolute atomic E-state index is 0.0933.